The van der Waals surface area contributed by atoms with Crippen molar-refractivity contribution in [1.82, 2.24) is 24.5 Å². The van der Waals surface area contributed by atoms with Crippen LogP contribution in [0.4, 0.5) is 17.3 Å². The van der Waals surface area contributed by atoms with Gasteiger partial charge in [-0.25, -0.2) is 4.98 Å². The predicted octanol–water partition coefficient (Wildman–Crippen LogP) is 2.95. The number of anilines is 3. The number of fused-ring (bicyclic) bond motifs is 1. The number of amides is 1. The van der Waals surface area contributed by atoms with Gasteiger partial charge in [-0.05, 0) is 25.0 Å². The lowest BCUT2D eigenvalue weighted by Crippen LogP contribution is -2.29. The van der Waals surface area contributed by atoms with Crippen LogP contribution in [0.25, 0.3) is 5.65 Å². The van der Waals surface area contributed by atoms with Gasteiger partial charge in [-0.1, -0.05) is 25.7 Å². The van der Waals surface area contributed by atoms with E-state index in [9.17, 15) is 9.59 Å². The maximum atomic E-state index is 13.0. The Morgan fingerprint density at radius 3 is 2.52 bits per heavy atom. The fourth-order valence-corrected chi connectivity index (χ4v) is 3.74. The third kappa shape index (κ3) is 5.00. The van der Waals surface area contributed by atoms with Crippen molar-refractivity contribution in [3.63, 3.8) is 0 Å². The molecule has 176 valence electrons. The molecular weight excluding hydrogens is 422 g/mol. The molecule has 2 fully saturated rings. The molecule has 0 aromatic carbocycles. The van der Waals surface area contributed by atoms with Crippen molar-refractivity contribution in [2.75, 3.05) is 37.9 Å². The lowest BCUT2D eigenvalue weighted by Gasteiger charge is -2.24. The van der Waals surface area contributed by atoms with E-state index in [-0.39, 0.29) is 17.5 Å². The Hall–Kier alpha value is -3.40. The molecule has 1 saturated heterocycles. The van der Waals surface area contributed by atoms with Crippen LogP contribution in [0.15, 0.2) is 35.4 Å². The molecular formula is C23H31N7O3. The van der Waals surface area contributed by atoms with Gasteiger partial charge in [0.05, 0.1) is 6.20 Å². The Bertz CT molecular complexity index is 1160. The van der Waals surface area contributed by atoms with Gasteiger partial charge in [0.25, 0.3) is 11.5 Å². The van der Waals surface area contributed by atoms with Crippen LogP contribution in [0.5, 0.6) is 0 Å². The summed E-state index contributed by atoms with van der Waals surface area (Å²) < 4.78 is 8.69. The topological polar surface area (TPSA) is 115 Å². The van der Waals surface area contributed by atoms with Crippen molar-refractivity contribution >= 4 is 28.9 Å². The fourth-order valence-electron chi connectivity index (χ4n) is 3.74. The van der Waals surface area contributed by atoms with Gasteiger partial charge in [0.15, 0.2) is 5.65 Å². The molecule has 5 rings (SSSR count). The minimum atomic E-state index is -0.284. The number of carbonyl (C=O) groups is 1. The van der Waals surface area contributed by atoms with Gasteiger partial charge in [-0.2, -0.15) is 9.61 Å². The second-order valence-corrected chi connectivity index (χ2v) is 8.17. The van der Waals surface area contributed by atoms with E-state index >= 15 is 0 Å². The molecule has 33 heavy (non-hydrogen) atoms. The van der Waals surface area contributed by atoms with Crippen LogP contribution in [0.2, 0.25) is 0 Å². The van der Waals surface area contributed by atoms with E-state index in [2.05, 4.69) is 26.0 Å². The van der Waals surface area contributed by atoms with Crippen molar-refractivity contribution in [1.29, 1.82) is 0 Å². The summed E-state index contributed by atoms with van der Waals surface area (Å²) in [6, 6.07) is 5.42. The molecule has 0 bridgehead atoms. The van der Waals surface area contributed by atoms with Crippen LogP contribution < -0.4 is 21.5 Å². The average molecular weight is 454 g/mol. The highest BCUT2D eigenvalue weighted by Gasteiger charge is 2.19. The molecule has 1 aliphatic carbocycles. The molecule has 0 atom stereocenters. The number of nitrogens with zero attached hydrogens (tertiary/aromatic N) is 4. The Morgan fingerprint density at radius 2 is 1.88 bits per heavy atom. The highest BCUT2D eigenvalue weighted by atomic mass is 16.5. The highest BCUT2D eigenvalue weighted by Crippen LogP contribution is 2.22. The lowest BCUT2D eigenvalue weighted by molar-refractivity contribution is 0.0687. The van der Waals surface area contributed by atoms with Gasteiger partial charge in [-0.15, -0.1) is 0 Å². The fraction of sp³-hybridized carbons (Fsp3) is 0.478. The third-order valence-corrected chi connectivity index (χ3v) is 6.02. The van der Waals surface area contributed by atoms with Gasteiger partial charge < -0.3 is 25.3 Å². The van der Waals surface area contributed by atoms with E-state index in [0.29, 0.717) is 41.7 Å². The minimum Gasteiger partial charge on any atom is -0.381 e. The molecule has 0 spiro atoms. The van der Waals surface area contributed by atoms with Crippen LogP contribution in [-0.4, -0.2) is 52.4 Å². The first-order chi connectivity index (χ1) is 16.1. The molecule has 0 radical (unpaired) electrons. The molecule has 3 aromatic rings. The van der Waals surface area contributed by atoms with E-state index < -0.39 is 0 Å². The quantitative estimate of drug-likeness (QED) is 0.544. The van der Waals surface area contributed by atoms with Crippen LogP contribution in [-0.2, 0) is 4.74 Å². The normalized spacial score (nSPS) is 15.8. The van der Waals surface area contributed by atoms with Crippen molar-refractivity contribution in [3.05, 3.63) is 46.5 Å². The van der Waals surface area contributed by atoms with Crippen LogP contribution >= 0.6 is 0 Å². The zero-order valence-corrected chi connectivity index (χ0v) is 19.1. The van der Waals surface area contributed by atoms with E-state index in [1.165, 1.54) is 31.9 Å². The number of hydrogen-bond donors (Lipinski definition) is 3. The molecule has 0 unspecified atom stereocenters. The van der Waals surface area contributed by atoms with E-state index in [1.807, 2.05) is 6.07 Å². The third-order valence-electron chi connectivity index (χ3n) is 6.02. The first kappa shape index (κ1) is 22.8. The summed E-state index contributed by atoms with van der Waals surface area (Å²) >= 11 is 0. The smallest absolute Gasteiger partial charge is 0.274 e. The van der Waals surface area contributed by atoms with Crippen molar-refractivity contribution in [2.24, 2.45) is 0 Å². The molecule has 3 N–H and O–H groups in total. The molecule has 1 aliphatic heterocycles. The standard InChI is InChI=1S/C19H23N7O3.C4H8/c1-20-16-10-15(24-17-13(18(27)21-2)11-22-26(16)17)23-14-4-3-7-25(19(14)28)12-5-8-29-9-6-12;1-2-4-3-1/h3-4,7,10-12,20H,5-6,8-9H2,1-2H3,(H,21,27)(H,23,24);1-4H2. The summed E-state index contributed by atoms with van der Waals surface area (Å²) in [5, 5.41) is 12.9. The van der Waals surface area contributed by atoms with Gasteiger partial charge in [0.1, 0.15) is 22.9 Å². The number of ether oxygens (including phenoxy) is 1. The SMILES string of the molecule is C1CCC1.CNC(=O)c1cnn2c(NC)cc(Nc3cccn(C4CCOCC4)c3=O)nc12. The number of hydrogen-bond acceptors (Lipinski definition) is 7. The maximum Gasteiger partial charge on any atom is 0.274 e. The second-order valence-electron chi connectivity index (χ2n) is 8.17. The van der Waals surface area contributed by atoms with Crippen molar-refractivity contribution in [2.45, 2.75) is 44.6 Å². The molecule has 2 aliphatic rings. The van der Waals surface area contributed by atoms with E-state index in [1.54, 1.807) is 41.5 Å². The molecule has 10 nitrogen and oxygen atoms in total. The maximum absolute atomic E-state index is 13.0. The number of rotatable bonds is 5. The Labute approximate surface area is 192 Å². The highest BCUT2D eigenvalue weighted by molar-refractivity contribution is 5.99. The Morgan fingerprint density at radius 1 is 1.15 bits per heavy atom. The first-order valence-corrected chi connectivity index (χ1v) is 11.5. The zero-order valence-electron chi connectivity index (χ0n) is 19.1. The number of nitrogens with one attached hydrogen (secondary N) is 3. The summed E-state index contributed by atoms with van der Waals surface area (Å²) in [5.41, 5.74) is 1.03. The molecule has 1 saturated carbocycles. The molecule has 4 heterocycles. The van der Waals surface area contributed by atoms with Crippen molar-refractivity contribution < 1.29 is 9.53 Å². The van der Waals surface area contributed by atoms with Gasteiger partial charge in [0, 0.05) is 45.6 Å². The summed E-state index contributed by atoms with van der Waals surface area (Å²) in [6.07, 6.45) is 10.9. The minimum absolute atomic E-state index is 0.118. The molecule has 10 heteroatoms. The monoisotopic (exact) mass is 453 g/mol. The Kier molecular flexibility index (Phi) is 7.23. The van der Waals surface area contributed by atoms with E-state index in [4.69, 9.17) is 4.74 Å². The second kappa shape index (κ2) is 10.5. The molecule has 1 amide bonds. The average Bonchev–Trinajstić information content (AvgIpc) is 3.23. The van der Waals surface area contributed by atoms with Gasteiger partial charge in [0.2, 0.25) is 0 Å². The lowest BCUT2D eigenvalue weighted by atomic mass is 10.0. The number of carbonyl (C=O) groups excluding carboxylic acids is 1. The summed E-state index contributed by atoms with van der Waals surface area (Å²) in [5.74, 6) is 0.788. The largest absolute Gasteiger partial charge is 0.381 e. The predicted molar refractivity (Wildman–Crippen MR) is 127 cm³/mol. The van der Waals surface area contributed by atoms with E-state index in [0.717, 1.165) is 12.8 Å². The summed E-state index contributed by atoms with van der Waals surface area (Å²) in [6.45, 7) is 1.31. The van der Waals surface area contributed by atoms with Gasteiger partial charge >= 0.3 is 0 Å². The number of pyridine rings is 1. The van der Waals surface area contributed by atoms with Gasteiger partial charge in [-0.3, -0.25) is 9.59 Å². The molecule has 3 aromatic heterocycles. The zero-order chi connectivity index (χ0) is 23.2. The van der Waals surface area contributed by atoms with Crippen LogP contribution in [0, 0.1) is 0 Å². The van der Waals surface area contributed by atoms with Crippen LogP contribution in [0.3, 0.4) is 0 Å². The number of aromatic nitrogens is 4. The summed E-state index contributed by atoms with van der Waals surface area (Å²) in [4.78, 5) is 29.6. The van der Waals surface area contributed by atoms with Crippen molar-refractivity contribution in [3.8, 4) is 0 Å². The Balaban J connectivity index is 0.000000586. The summed E-state index contributed by atoms with van der Waals surface area (Å²) in [7, 11) is 3.30. The first-order valence-electron chi connectivity index (χ1n) is 11.5. The van der Waals surface area contributed by atoms with Crippen LogP contribution in [0.1, 0.15) is 54.9 Å².